The molecule has 5 rings (SSSR count). The number of morpholine rings is 1. The Labute approximate surface area is 176 Å². The summed E-state index contributed by atoms with van der Waals surface area (Å²) in [6, 6.07) is 3.35. The lowest BCUT2D eigenvalue weighted by atomic mass is 10.2. The smallest absolute Gasteiger partial charge is 0.387 e. The van der Waals surface area contributed by atoms with Gasteiger partial charge in [0, 0.05) is 30.9 Å². The maximum Gasteiger partial charge on any atom is 0.387 e. The van der Waals surface area contributed by atoms with Crippen LogP contribution in [0.5, 0.6) is 5.75 Å². The Kier molecular flexibility index (Phi) is 4.84. The number of nitrogens with two attached hydrogens (primary N) is 1. The van der Waals surface area contributed by atoms with Gasteiger partial charge in [-0.1, -0.05) is 0 Å². The summed E-state index contributed by atoms with van der Waals surface area (Å²) in [6.45, 7) is 0.486. The Morgan fingerprint density at radius 1 is 1.26 bits per heavy atom. The van der Waals surface area contributed by atoms with Crippen LogP contribution in [0.2, 0.25) is 0 Å². The van der Waals surface area contributed by atoms with Gasteiger partial charge in [0.05, 0.1) is 31.0 Å². The van der Waals surface area contributed by atoms with Crippen molar-refractivity contribution in [1.82, 2.24) is 15.0 Å². The van der Waals surface area contributed by atoms with Gasteiger partial charge in [-0.15, -0.1) is 0 Å². The zero-order valence-corrected chi connectivity index (χ0v) is 16.8. The number of hydrogen-bond acceptors (Lipinski definition) is 8. The second-order valence-electron chi connectivity index (χ2n) is 7.94. The van der Waals surface area contributed by atoms with E-state index in [1.807, 2.05) is 0 Å². The Morgan fingerprint density at radius 3 is 2.74 bits per heavy atom. The summed E-state index contributed by atoms with van der Waals surface area (Å²) >= 11 is 0. The summed E-state index contributed by atoms with van der Waals surface area (Å²) in [5.41, 5.74) is 7.20. The number of ether oxygens (including phenoxy) is 2. The van der Waals surface area contributed by atoms with Crippen LogP contribution in [0.15, 0.2) is 29.7 Å². The lowest BCUT2D eigenvalue weighted by molar-refractivity contribution is -0.0494. The second-order valence-corrected chi connectivity index (χ2v) is 7.94. The molecule has 3 aliphatic rings. The molecule has 31 heavy (non-hydrogen) atoms. The highest BCUT2D eigenvalue weighted by molar-refractivity contribution is 5.68. The molecule has 3 aliphatic heterocycles. The number of pyridine rings is 1. The molecule has 0 radical (unpaired) electrons. The van der Waals surface area contributed by atoms with E-state index in [2.05, 4.69) is 19.6 Å². The van der Waals surface area contributed by atoms with E-state index in [0.29, 0.717) is 48.3 Å². The molecule has 2 N–H and O–H groups in total. The number of rotatable bonds is 5. The van der Waals surface area contributed by atoms with Gasteiger partial charge < -0.3 is 25.0 Å². The minimum Gasteiger partial charge on any atom is -0.431 e. The monoisotopic (exact) mass is 434 g/mol. The summed E-state index contributed by atoms with van der Waals surface area (Å²) in [5.74, 6) is 0.456. The first-order valence-electron chi connectivity index (χ1n) is 9.94. The Balaban J connectivity index is 1.55. The molecule has 0 amide bonds. The van der Waals surface area contributed by atoms with E-state index in [4.69, 9.17) is 15.5 Å². The van der Waals surface area contributed by atoms with Crippen molar-refractivity contribution in [3.05, 3.63) is 29.7 Å². The van der Waals surface area contributed by atoms with Crippen LogP contribution in [0.3, 0.4) is 0 Å². The summed E-state index contributed by atoms with van der Waals surface area (Å²) < 4.78 is 49.7. The third-order valence-corrected chi connectivity index (χ3v) is 5.79. The quantitative estimate of drug-likeness (QED) is 0.769. The number of anilines is 3. The van der Waals surface area contributed by atoms with E-state index < -0.39 is 6.61 Å². The van der Waals surface area contributed by atoms with Gasteiger partial charge in [0.2, 0.25) is 5.95 Å². The molecule has 164 valence electrons. The van der Waals surface area contributed by atoms with Crippen molar-refractivity contribution in [1.29, 1.82) is 0 Å². The number of alkyl halides is 2. The molecule has 8 nitrogen and oxygen atoms in total. The van der Waals surface area contributed by atoms with Crippen molar-refractivity contribution < 1.29 is 22.6 Å². The van der Waals surface area contributed by atoms with E-state index in [-0.39, 0.29) is 36.1 Å². The molecule has 2 bridgehead atoms. The van der Waals surface area contributed by atoms with Crippen LogP contribution in [-0.2, 0) is 4.74 Å². The largest absolute Gasteiger partial charge is 0.431 e. The van der Waals surface area contributed by atoms with Crippen molar-refractivity contribution >= 4 is 17.6 Å². The van der Waals surface area contributed by atoms with Crippen molar-refractivity contribution in [2.45, 2.75) is 32.1 Å². The van der Waals surface area contributed by atoms with Crippen molar-refractivity contribution in [2.24, 2.45) is 0 Å². The lowest BCUT2D eigenvalue weighted by Gasteiger charge is -2.29. The zero-order chi connectivity index (χ0) is 21.7. The number of aromatic nitrogens is 3. The van der Waals surface area contributed by atoms with Gasteiger partial charge >= 0.3 is 6.61 Å². The Morgan fingerprint density at radius 2 is 2.10 bits per heavy atom. The molecule has 5 heterocycles. The highest BCUT2D eigenvalue weighted by Gasteiger charge is 2.40. The van der Waals surface area contributed by atoms with Crippen LogP contribution < -0.4 is 20.3 Å². The SMILES string of the molecule is CC1=C(F)CN(c2nc(-c3cnc(N)c(OC(F)F)c3)cc(N3CC4CC3CO4)n2)C1. The molecule has 2 aromatic heterocycles. The first-order chi connectivity index (χ1) is 14.9. The standard InChI is InChI=1S/C20H21F3N6O2/c1-10-6-28(8-14(10)21)20-26-15(11-2-16(31-19(22)23)18(24)25-5-11)4-17(27-20)29-7-13-3-12(29)9-30-13/h2,4-5,12-13,19H,3,6-9H2,1H3,(H2,24,25). The normalized spacial score (nSPS) is 22.9. The maximum atomic E-state index is 14.1. The number of nitrogen functional groups attached to an aromatic ring is 1. The van der Waals surface area contributed by atoms with Gasteiger partial charge in [-0.25, -0.2) is 14.4 Å². The Bertz CT molecular complexity index is 1040. The lowest BCUT2D eigenvalue weighted by Crippen LogP contribution is -2.38. The van der Waals surface area contributed by atoms with Crippen LogP contribution in [0, 0.1) is 0 Å². The van der Waals surface area contributed by atoms with Crippen LogP contribution >= 0.6 is 0 Å². The van der Waals surface area contributed by atoms with Gasteiger partial charge in [0.25, 0.3) is 0 Å². The third-order valence-electron chi connectivity index (χ3n) is 5.79. The fourth-order valence-electron chi connectivity index (χ4n) is 4.20. The van der Waals surface area contributed by atoms with Crippen LogP contribution in [0.1, 0.15) is 13.3 Å². The first-order valence-corrected chi connectivity index (χ1v) is 9.94. The first kappa shape index (κ1) is 19.9. The maximum absolute atomic E-state index is 14.1. The fraction of sp³-hybridized carbons (Fsp3) is 0.450. The van der Waals surface area contributed by atoms with Crippen molar-refractivity contribution in [3.8, 4) is 17.0 Å². The number of halogens is 3. The summed E-state index contributed by atoms with van der Waals surface area (Å²) in [4.78, 5) is 17.1. The molecular weight excluding hydrogens is 413 g/mol. The van der Waals surface area contributed by atoms with E-state index in [1.54, 1.807) is 17.9 Å². The number of nitrogens with zero attached hydrogens (tertiary/aromatic N) is 5. The molecule has 2 aromatic rings. The molecule has 11 heteroatoms. The summed E-state index contributed by atoms with van der Waals surface area (Å²) in [5, 5.41) is 0. The van der Waals surface area contributed by atoms with Gasteiger partial charge in [-0.05, 0) is 25.0 Å². The molecule has 0 saturated carbocycles. The van der Waals surface area contributed by atoms with Crippen LogP contribution in [0.25, 0.3) is 11.3 Å². The highest BCUT2D eigenvalue weighted by atomic mass is 19.3. The average Bonchev–Trinajstić information content (AvgIpc) is 3.45. The van der Waals surface area contributed by atoms with E-state index in [9.17, 15) is 13.2 Å². The van der Waals surface area contributed by atoms with Crippen LogP contribution in [-0.4, -0.2) is 60.0 Å². The molecule has 2 fully saturated rings. The van der Waals surface area contributed by atoms with E-state index >= 15 is 0 Å². The predicted octanol–water partition coefficient (Wildman–Crippen LogP) is 2.76. The highest BCUT2D eigenvalue weighted by Crippen LogP contribution is 2.36. The molecule has 2 unspecified atom stereocenters. The fourth-order valence-corrected chi connectivity index (χ4v) is 4.20. The topological polar surface area (TPSA) is 89.6 Å². The minimum atomic E-state index is -3.03. The van der Waals surface area contributed by atoms with Crippen LogP contribution in [0.4, 0.5) is 30.8 Å². The molecular formula is C20H21F3N6O2. The van der Waals surface area contributed by atoms with Crippen molar-refractivity contribution in [2.75, 3.05) is 41.8 Å². The number of hydrogen-bond donors (Lipinski definition) is 1. The molecule has 0 aromatic carbocycles. The van der Waals surface area contributed by atoms with Crippen molar-refractivity contribution in [3.63, 3.8) is 0 Å². The summed E-state index contributed by atoms with van der Waals surface area (Å²) in [6.07, 6.45) is 2.52. The third kappa shape index (κ3) is 3.73. The minimum absolute atomic E-state index is 0.0869. The van der Waals surface area contributed by atoms with E-state index in [0.717, 1.165) is 6.42 Å². The molecule has 2 saturated heterocycles. The van der Waals surface area contributed by atoms with E-state index in [1.165, 1.54) is 12.3 Å². The summed E-state index contributed by atoms with van der Waals surface area (Å²) in [7, 11) is 0. The second kappa shape index (κ2) is 7.56. The molecule has 0 spiro atoms. The predicted molar refractivity (Wildman–Crippen MR) is 108 cm³/mol. The zero-order valence-electron chi connectivity index (χ0n) is 16.8. The Hall–Kier alpha value is -3.08. The van der Waals surface area contributed by atoms with Gasteiger partial charge in [-0.3, -0.25) is 0 Å². The average molecular weight is 434 g/mol. The van der Waals surface area contributed by atoms with Gasteiger partial charge in [-0.2, -0.15) is 13.8 Å². The van der Waals surface area contributed by atoms with Gasteiger partial charge in [0.1, 0.15) is 11.6 Å². The molecule has 0 aliphatic carbocycles. The number of fused-ring (bicyclic) bond motifs is 2. The molecule has 2 atom stereocenters. The van der Waals surface area contributed by atoms with Gasteiger partial charge in [0.15, 0.2) is 11.6 Å².